The van der Waals surface area contributed by atoms with Crippen LogP contribution >= 0.6 is 0 Å². The van der Waals surface area contributed by atoms with Gasteiger partial charge in [0.15, 0.2) is 0 Å². The van der Waals surface area contributed by atoms with Gasteiger partial charge in [-0.2, -0.15) is 5.10 Å². The zero-order valence-corrected chi connectivity index (χ0v) is 14.8. The quantitative estimate of drug-likeness (QED) is 0.854. The van der Waals surface area contributed by atoms with Gasteiger partial charge < -0.3 is 15.3 Å². The molecule has 0 saturated heterocycles. The molecule has 1 unspecified atom stereocenters. The number of aliphatic hydroxyl groups excluding tert-OH is 1. The summed E-state index contributed by atoms with van der Waals surface area (Å²) in [6, 6.07) is 9.78. The Bertz CT molecular complexity index is 694. The van der Waals surface area contributed by atoms with Gasteiger partial charge in [0.05, 0.1) is 17.5 Å². The van der Waals surface area contributed by atoms with Gasteiger partial charge in [-0.3, -0.25) is 0 Å². The number of hydrogen-bond acceptors (Lipinski definition) is 3. The van der Waals surface area contributed by atoms with E-state index in [-0.39, 0.29) is 6.03 Å². The van der Waals surface area contributed by atoms with Crippen LogP contribution in [0.2, 0.25) is 0 Å². The average Bonchev–Trinajstić information content (AvgIpc) is 2.88. The Balaban J connectivity index is 2.06. The van der Waals surface area contributed by atoms with E-state index in [0.29, 0.717) is 19.5 Å². The third kappa shape index (κ3) is 4.58. The number of hydrogen-bond donors (Lipinski definition) is 2. The van der Waals surface area contributed by atoms with Gasteiger partial charge in [-0.05, 0) is 44.9 Å². The van der Waals surface area contributed by atoms with Crippen LogP contribution in [0.25, 0.3) is 5.69 Å². The summed E-state index contributed by atoms with van der Waals surface area (Å²) in [5, 5.41) is 16.8. The van der Waals surface area contributed by atoms with Crippen LogP contribution in [0.1, 0.15) is 30.3 Å². The zero-order chi connectivity index (χ0) is 17.7. The van der Waals surface area contributed by atoms with E-state index in [1.807, 2.05) is 48.9 Å². The van der Waals surface area contributed by atoms with Crippen LogP contribution in [0.4, 0.5) is 4.79 Å². The topological polar surface area (TPSA) is 70.4 Å². The van der Waals surface area contributed by atoms with E-state index in [0.717, 1.165) is 22.6 Å². The van der Waals surface area contributed by atoms with E-state index in [2.05, 4.69) is 10.4 Å². The number of aliphatic hydroxyl groups is 1. The van der Waals surface area contributed by atoms with Crippen molar-refractivity contribution in [2.24, 2.45) is 0 Å². The van der Waals surface area contributed by atoms with Gasteiger partial charge in [-0.25, -0.2) is 9.48 Å². The number of nitrogens with one attached hydrogen (secondary N) is 1. The Morgan fingerprint density at radius 3 is 2.71 bits per heavy atom. The van der Waals surface area contributed by atoms with E-state index >= 15 is 0 Å². The maximum absolute atomic E-state index is 12.2. The lowest BCUT2D eigenvalue weighted by atomic mass is 10.1. The van der Waals surface area contributed by atoms with Gasteiger partial charge in [0, 0.05) is 25.8 Å². The average molecular weight is 330 g/mol. The van der Waals surface area contributed by atoms with Crippen molar-refractivity contribution in [1.29, 1.82) is 0 Å². The molecule has 0 bridgehead atoms. The largest absolute Gasteiger partial charge is 0.393 e. The fraction of sp³-hybridized carbons (Fsp3) is 0.444. The maximum Gasteiger partial charge on any atom is 0.317 e. The van der Waals surface area contributed by atoms with Crippen molar-refractivity contribution < 1.29 is 9.90 Å². The first-order valence-electron chi connectivity index (χ1n) is 8.17. The van der Waals surface area contributed by atoms with Gasteiger partial charge in [0.25, 0.3) is 0 Å². The van der Waals surface area contributed by atoms with Gasteiger partial charge in [-0.1, -0.05) is 18.2 Å². The highest BCUT2D eigenvalue weighted by molar-refractivity contribution is 5.74. The van der Waals surface area contributed by atoms with Crippen molar-refractivity contribution in [3.8, 4) is 5.69 Å². The van der Waals surface area contributed by atoms with Crippen LogP contribution in [-0.4, -0.2) is 45.5 Å². The highest BCUT2D eigenvalue weighted by atomic mass is 16.3. The van der Waals surface area contributed by atoms with Crippen molar-refractivity contribution in [3.05, 3.63) is 47.3 Å². The molecule has 2 N–H and O–H groups in total. The summed E-state index contributed by atoms with van der Waals surface area (Å²) in [5.74, 6) is 0. The number of amides is 2. The van der Waals surface area contributed by atoms with Gasteiger partial charge in [-0.15, -0.1) is 0 Å². The number of rotatable bonds is 6. The SMILES string of the molecule is Cc1cc(C)n(-c2ccccc2CNC(=O)N(C)CCC(C)O)n1. The molecule has 0 radical (unpaired) electrons. The summed E-state index contributed by atoms with van der Waals surface area (Å²) in [5.41, 5.74) is 3.99. The molecular formula is C18H26N4O2. The lowest BCUT2D eigenvalue weighted by Gasteiger charge is -2.19. The molecule has 0 spiro atoms. The molecule has 2 aromatic rings. The smallest absolute Gasteiger partial charge is 0.317 e. The highest BCUT2D eigenvalue weighted by Gasteiger charge is 2.12. The molecule has 6 nitrogen and oxygen atoms in total. The van der Waals surface area contributed by atoms with Crippen LogP contribution in [0, 0.1) is 13.8 Å². The highest BCUT2D eigenvalue weighted by Crippen LogP contribution is 2.17. The van der Waals surface area contributed by atoms with Crippen LogP contribution in [-0.2, 0) is 6.54 Å². The van der Waals surface area contributed by atoms with Crippen molar-refractivity contribution in [1.82, 2.24) is 20.0 Å². The molecule has 0 aliphatic heterocycles. The molecule has 130 valence electrons. The zero-order valence-electron chi connectivity index (χ0n) is 14.8. The normalized spacial score (nSPS) is 12.0. The molecule has 1 aromatic carbocycles. The molecule has 0 aliphatic carbocycles. The summed E-state index contributed by atoms with van der Waals surface area (Å²) in [6.45, 7) is 6.63. The number of benzene rings is 1. The molecular weight excluding hydrogens is 304 g/mol. The van der Waals surface area contributed by atoms with E-state index < -0.39 is 6.10 Å². The lowest BCUT2D eigenvalue weighted by molar-refractivity contribution is 0.163. The van der Waals surface area contributed by atoms with Crippen molar-refractivity contribution in [2.75, 3.05) is 13.6 Å². The summed E-state index contributed by atoms with van der Waals surface area (Å²) in [7, 11) is 1.73. The maximum atomic E-state index is 12.2. The minimum Gasteiger partial charge on any atom is -0.393 e. The molecule has 1 aromatic heterocycles. The second-order valence-electron chi connectivity index (χ2n) is 6.19. The summed E-state index contributed by atoms with van der Waals surface area (Å²) >= 11 is 0. The predicted molar refractivity (Wildman–Crippen MR) is 94.2 cm³/mol. The summed E-state index contributed by atoms with van der Waals surface area (Å²) in [6.07, 6.45) is 0.152. The number of urea groups is 1. The van der Waals surface area contributed by atoms with Gasteiger partial charge in [0.2, 0.25) is 0 Å². The van der Waals surface area contributed by atoms with E-state index in [9.17, 15) is 9.90 Å². The van der Waals surface area contributed by atoms with Crippen molar-refractivity contribution in [2.45, 2.75) is 39.8 Å². The number of carbonyl (C=O) groups excluding carboxylic acids is 1. The molecule has 2 amide bonds. The van der Waals surface area contributed by atoms with Crippen LogP contribution in [0.15, 0.2) is 30.3 Å². The first kappa shape index (κ1) is 18.0. The Hall–Kier alpha value is -2.34. The molecule has 24 heavy (non-hydrogen) atoms. The van der Waals surface area contributed by atoms with Crippen LogP contribution in [0.5, 0.6) is 0 Å². The number of nitrogens with zero attached hydrogens (tertiary/aromatic N) is 3. The van der Waals surface area contributed by atoms with Crippen LogP contribution < -0.4 is 5.32 Å². The minimum atomic E-state index is -0.410. The summed E-state index contributed by atoms with van der Waals surface area (Å²) < 4.78 is 1.90. The third-order valence-corrected chi connectivity index (χ3v) is 3.89. The second-order valence-corrected chi connectivity index (χ2v) is 6.19. The van der Waals surface area contributed by atoms with Gasteiger partial charge >= 0.3 is 6.03 Å². The Kier molecular flexibility index (Phi) is 5.98. The number of para-hydroxylation sites is 1. The summed E-state index contributed by atoms with van der Waals surface area (Å²) in [4.78, 5) is 13.7. The fourth-order valence-electron chi connectivity index (χ4n) is 2.53. The Morgan fingerprint density at radius 2 is 2.08 bits per heavy atom. The standard InChI is InChI=1S/C18H26N4O2/c1-13-11-14(2)22(20-13)17-8-6-5-7-16(17)12-19-18(24)21(4)10-9-15(3)23/h5-8,11,15,23H,9-10,12H2,1-4H3,(H,19,24). The molecule has 1 atom stereocenters. The Morgan fingerprint density at radius 1 is 1.38 bits per heavy atom. The second kappa shape index (κ2) is 7.97. The molecule has 0 aliphatic rings. The molecule has 0 saturated carbocycles. The Labute approximate surface area is 143 Å². The monoisotopic (exact) mass is 330 g/mol. The number of aryl methyl sites for hydroxylation is 2. The molecule has 1 heterocycles. The van der Waals surface area contributed by atoms with E-state index in [1.54, 1.807) is 18.9 Å². The molecule has 2 rings (SSSR count). The third-order valence-electron chi connectivity index (χ3n) is 3.89. The van der Waals surface area contributed by atoms with Crippen molar-refractivity contribution in [3.63, 3.8) is 0 Å². The van der Waals surface area contributed by atoms with Gasteiger partial charge in [0.1, 0.15) is 0 Å². The predicted octanol–water partition coefficient (Wildman–Crippen LogP) is 2.40. The first-order valence-corrected chi connectivity index (χ1v) is 8.17. The number of aromatic nitrogens is 2. The first-order chi connectivity index (χ1) is 11.4. The number of carbonyl (C=O) groups is 1. The lowest BCUT2D eigenvalue weighted by Crippen LogP contribution is -2.38. The van der Waals surface area contributed by atoms with Crippen molar-refractivity contribution >= 4 is 6.03 Å². The minimum absolute atomic E-state index is 0.154. The molecule has 0 fully saturated rings. The molecule has 6 heteroatoms. The van der Waals surface area contributed by atoms with E-state index in [4.69, 9.17) is 0 Å². The van der Waals surface area contributed by atoms with Crippen LogP contribution in [0.3, 0.4) is 0 Å². The van der Waals surface area contributed by atoms with E-state index in [1.165, 1.54) is 0 Å². The fourth-order valence-corrected chi connectivity index (χ4v) is 2.53.